The summed E-state index contributed by atoms with van der Waals surface area (Å²) in [4.78, 5) is 15.3. The number of hydrogen-bond donors (Lipinski definition) is 3. The van der Waals surface area contributed by atoms with E-state index in [9.17, 15) is 14.3 Å². The van der Waals surface area contributed by atoms with Gasteiger partial charge in [-0.25, -0.2) is 4.79 Å². The van der Waals surface area contributed by atoms with E-state index in [0.717, 1.165) is 45.1 Å². The van der Waals surface area contributed by atoms with Crippen LogP contribution in [0.5, 0.6) is 0 Å². The molecule has 2 fully saturated rings. The normalized spacial score (nSPS) is 21.6. The first-order valence-corrected chi connectivity index (χ1v) is 14.1. The molecule has 8 heteroatoms. The number of nitrogens with zero attached hydrogens (tertiary/aromatic N) is 1. The number of fused-ring (bicyclic) bond motifs is 1. The number of nitrogens with one attached hydrogen (secondary N) is 2. The number of benzene rings is 1. The van der Waals surface area contributed by atoms with E-state index in [0.29, 0.717) is 48.6 Å². The van der Waals surface area contributed by atoms with Crippen molar-refractivity contribution in [1.82, 2.24) is 15.5 Å². The summed E-state index contributed by atoms with van der Waals surface area (Å²) in [6, 6.07) is 6.22. The standard InChI is InChI=1S/C29H44FN3O4/c1-31-19-25(21-10-4-3-5-11-21)32-28(34)33-16-9-13-23(20-33)29(35,15-6-7-17-36-2)24-14-8-12-22-18-26(30)37-27(22)24/h8,12,14,18,21,23,25,31,35H,3-7,9-11,13,15-17,19-20H2,1-2H3,(H,32,34)/t23-,25-,29+/m1/s1. The number of rotatable bonds is 11. The molecule has 0 radical (unpaired) electrons. The fourth-order valence-electron chi connectivity index (χ4n) is 6.47. The smallest absolute Gasteiger partial charge is 0.317 e. The van der Waals surface area contributed by atoms with Gasteiger partial charge in [-0.3, -0.25) is 0 Å². The highest BCUT2D eigenvalue weighted by atomic mass is 19.1. The number of ether oxygens (including phenoxy) is 1. The lowest BCUT2D eigenvalue weighted by Crippen LogP contribution is -2.55. The van der Waals surface area contributed by atoms with Crippen molar-refractivity contribution in [2.45, 2.75) is 75.9 Å². The predicted octanol–water partition coefficient (Wildman–Crippen LogP) is 5.17. The van der Waals surface area contributed by atoms with Crippen LogP contribution in [-0.2, 0) is 10.3 Å². The summed E-state index contributed by atoms with van der Waals surface area (Å²) < 4.78 is 24.7. The maximum atomic E-state index is 14.1. The summed E-state index contributed by atoms with van der Waals surface area (Å²) in [6.07, 6.45) is 9.67. The number of likely N-dealkylation sites (tertiary alicyclic amines) is 1. The highest BCUT2D eigenvalue weighted by Gasteiger charge is 2.43. The van der Waals surface area contributed by atoms with Crippen molar-refractivity contribution < 1.29 is 23.4 Å². The summed E-state index contributed by atoms with van der Waals surface area (Å²) in [5, 5.41) is 19.5. The molecule has 2 amide bonds. The van der Waals surface area contributed by atoms with Crippen molar-refractivity contribution in [3.8, 4) is 0 Å². The Kier molecular flexibility index (Phi) is 9.84. The van der Waals surface area contributed by atoms with Gasteiger partial charge in [-0.15, -0.1) is 0 Å². The zero-order chi connectivity index (χ0) is 26.3. The van der Waals surface area contributed by atoms with Crippen LogP contribution < -0.4 is 10.6 Å². The molecule has 206 valence electrons. The van der Waals surface area contributed by atoms with Crippen LogP contribution in [-0.4, -0.2) is 62.5 Å². The summed E-state index contributed by atoms with van der Waals surface area (Å²) in [6.45, 7) is 2.48. The molecule has 7 nitrogen and oxygen atoms in total. The van der Waals surface area contributed by atoms with Crippen molar-refractivity contribution in [3.05, 3.63) is 35.8 Å². The summed E-state index contributed by atoms with van der Waals surface area (Å²) >= 11 is 0. The van der Waals surface area contributed by atoms with E-state index in [-0.39, 0.29) is 18.0 Å². The molecule has 2 aromatic rings. The van der Waals surface area contributed by atoms with Crippen LogP contribution in [0.25, 0.3) is 11.0 Å². The molecule has 3 atom stereocenters. The Morgan fingerprint density at radius 2 is 2.05 bits per heavy atom. The molecule has 0 bridgehead atoms. The minimum Gasteiger partial charge on any atom is -0.431 e. The van der Waals surface area contributed by atoms with Crippen LogP contribution in [0.3, 0.4) is 0 Å². The first-order chi connectivity index (χ1) is 18.0. The Morgan fingerprint density at radius 3 is 2.81 bits per heavy atom. The number of hydrogen-bond acceptors (Lipinski definition) is 5. The topological polar surface area (TPSA) is 87.0 Å². The van der Waals surface area contributed by atoms with Crippen molar-refractivity contribution >= 4 is 17.0 Å². The van der Waals surface area contributed by atoms with Gasteiger partial charge in [-0.05, 0) is 57.9 Å². The minimum absolute atomic E-state index is 0.0560. The van der Waals surface area contributed by atoms with Gasteiger partial charge in [0.15, 0.2) is 0 Å². The number of furan rings is 1. The molecule has 3 N–H and O–H groups in total. The number of likely N-dealkylation sites (N-methyl/N-ethyl adjacent to an activating group) is 1. The van der Waals surface area contributed by atoms with E-state index in [1.807, 2.05) is 24.1 Å². The molecule has 1 saturated carbocycles. The highest BCUT2D eigenvalue weighted by molar-refractivity contribution is 5.81. The molecule has 1 aromatic carbocycles. The number of methoxy groups -OCH3 is 1. The largest absolute Gasteiger partial charge is 0.431 e. The highest BCUT2D eigenvalue weighted by Crippen LogP contribution is 2.43. The Hall–Kier alpha value is -2.16. The predicted molar refractivity (Wildman–Crippen MR) is 143 cm³/mol. The summed E-state index contributed by atoms with van der Waals surface area (Å²) in [5.74, 6) is 0.306. The number of halogens is 1. The second-order valence-corrected chi connectivity index (χ2v) is 10.9. The Morgan fingerprint density at radius 1 is 1.24 bits per heavy atom. The Balaban J connectivity index is 1.54. The third kappa shape index (κ3) is 6.65. The molecule has 1 aromatic heterocycles. The van der Waals surface area contributed by atoms with Gasteiger partial charge in [0.05, 0.1) is 5.60 Å². The number of urea groups is 1. The van der Waals surface area contributed by atoms with Gasteiger partial charge in [0.2, 0.25) is 0 Å². The Bertz CT molecular complexity index is 1010. The number of aliphatic hydroxyl groups is 1. The third-order valence-electron chi connectivity index (χ3n) is 8.47. The number of piperidine rings is 1. The third-order valence-corrected chi connectivity index (χ3v) is 8.47. The Labute approximate surface area is 220 Å². The van der Waals surface area contributed by atoms with Gasteiger partial charge >= 0.3 is 6.03 Å². The van der Waals surface area contributed by atoms with E-state index in [1.54, 1.807) is 13.2 Å². The van der Waals surface area contributed by atoms with Crippen LogP contribution in [0.4, 0.5) is 9.18 Å². The minimum atomic E-state index is -1.25. The van der Waals surface area contributed by atoms with E-state index in [2.05, 4.69) is 10.6 Å². The quantitative estimate of drug-likeness (QED) is 0.358. The number of carbonyl (C=O) groups excluding carboxylic acids is 1. The maximum Gasteiger partial charge on any atom is 0.317 e. The number of amides is 2. The fraction of sp³-hybridized carbons (Fsp3) is 0.690. The lowest BCUT2D eigenvalue weighted by molar-refractivity contribution is -0.0559. The molecule has 0 unspecified atom stereocenters. The molecule has 1 saturated heterocycles. The van der Waals surface area contributed by atoms with Crippen LogP contribution in [0, 0.1) is 17.8 Å². The monoisotopic (exact) mass is 517 g/mol. The van der Waals surface area contributed by atoms with Gasteiger partial charge in [-0.2, -0.15) is 4.39 Å². The van der Waals surface area contributed by atoms with Gasteiger partial charge in [0, 0.05) is 62.3 Å². The number of unbranched alkanes of at least 4 members (excludes halogenated alkanes) is 1. The van der Waals surface area contributed by atoms with E-state index in [1.165, 1.54) is 25.3 Å². The van der Waals surface area contributed by atoms with Gasteiger partial charge in [-0.1, -0.05) is 37.5 Å². The van der Waals surface area contributed by atoms with Gasteiger partial charge < -0.3 is 29.8 Å². The molecule has 2 heterocycles. The molecule has 4 rings (SSSR count). The second-order valence-electron chi connectivity index (χ2n) is 10.9. The van der Waals surface area contributed by atoms with Crippen molar-refractivity contribution in [2.24, 2.45) is 11.8 Å². The van der Waals surface area contributed by atoms with Crippen LogP contribution >= 0.6 is 0 Å². The molecular weight excluding hydrogens is 473 g/mol. The molecule has 1 aliphatic heterocycles. The lowest BCUT2D eigenvalue weighted by Gasteiger charge is -2.43. The first-order valence-electron chi connectivity index (χ1n) is 14.1. The average Bonchev–Trinajstić information content (AvgIpc) is 3.31. The number of para-hydroxylation sites is 1. The lowest BCUT2D eigenvalue weighted by atomic mass is 9.73. The van der Waals surface area contributed by atoms with Crippen molar-refractivity contribution in [2.75, 3.05) is 40.4 Å². The maximum absolute atomic E-state index is 14.1. The zero-order valence-electron chi connectivity index (χ0n) is 22.4. The zero-order valence-corrected chi connectivity index (χ0v) is 22.4. The average molecular weight is 518 g/mol. The summed E-state index contributed by atoms with van der Waals surface area (Å²) in [5.41, 5.74) is -0.249. The van der Waals surface area contributed by atoms with E-state index < -0.39 is 11.6 Å². The summed E-state index contributed by atoms with van der Waals surface area (Å²) in [7, 11) is 3.60. The van der Waals surface area contributed by atoms with E-state index in [4.69, 9.17) is 9.15 Å². The van der Waals surface area contributed by atoms with Gasteiger partial charge in [0.25, 0.3) is 6.01 Å². The van der Waals surface area contributed by atoms with Crippen LogP contribution in [0.15, 0.2) is 28.7 Å². The molecular formula is C29H44FN3O4. The van der Waals surface area contributed by atoms with Crippen molar-refractivity contribution in [3.63, 3.8) is 0 Å². The first kappa shape index (κ1) is 27.9. The van der Waals surface area contributed by atoms with E-state index >= 15 is 0 Å². The molecule has 2 aliphatic rings. The molecule has 1 aliphatic carbocycles. The number of carbonyl (C=O) groups is 1. The van der Waals surface area contributed by atoms with Gasteiger partial charge in [0.1, 0.15) is 5.58 Å². The second kappa shape index (κ2) is 13.1. The van der Waals surface area contributed by atoms with Crippen LogP contribution in [0.2, 0.25) is 0 Å². The molecule has 37 heavy (non-hydrogen) atoms. The van der Waals surface area contributed by atoms with Crippen molar-refractivity contribution in [1.29, 1.82) is 0 Å². The van der Waals surface area contributed by atoms with Crippen LogP contribution in [0.1, 0.15) is 69.8 Å². The SMILES string of the molecule is CNC[C@@H](NC(=O)N1CCC[C@@H]([C@@](O)(CCCCOC)c2cccc3cc(F)oc23)C1)C1CCCCC1. The fourth-order valence-corrected chi connectivity index (χ4v) is 6.47. The molecule has 0 spiro atoms.